The van der Waals surface area contributed by atoms with E-state index in [0.717, 1.165) is 42.4 Å². The van der Waals surface area contributed by atoms with Gasteiger partial charge in [0.2, 0.25) is 12.7 Å². The molecular weight excluding hydrogens is 424 g/mol. The minimum Gasteiger partial charge on any atom is -0.495 e. The average Bonchev–Trinajstić information content (AvgIpc) is 3.45. The van der Waals surface area contributed by atoms with Gasteiger partial charge in [-0.1, -0.05) is 18.2 Å². The molecule has 2 aromatic rings. The van der Waals surface area contributed by atoms with Crippen molar-refractivity contribution >= 4 is 17.6 Å². The minimum atomic E-state index is -0.158. The van der Waals surface area contributed by atoms with E-state index in [2.05, 4.69) is 11.0 Å². The zero-order valence-electron chi connectivity index (χ0n) is 18.7. The van der Waals surface area contributed by atoms with E-state index >= 15 is 0 Å². The fourth-order valence-electron chi connectivity index (χ4n) is 4.52. The number of rotatable bonds is 6. The summed E-state index contributed by atoms with van der Waals surface area (Å²) in [5.74, 6) is 2.22. The number of anilines is 1. The lowest BCUT2D eigenvalue weighted by atomic mass is 10.1. The van der Waals surface area contributed by atoms with Gasteiger partial charge in [-0.25, -0.2) is 4.79 Å². The predicted octanol–water partition coefficient (Wildman–Crippen LogP) is 2.01. The topological polar surface area (TPSA) is 74.8 Å². The van der Waals surface area contributed by atoms with Gasteiger partial charge in [0.25, 0.3) is 0 Å². The second kappa shape index (κ2) is 9.19. The maximum absolute atomic E-state index is 12.9. The van der Waals surface area contributed by atoms with Gasteiger partial charge in [0.05, 0.1) is 12.8 Å². The van der Waals surface area contributed by atoms with E-state index in [9.17, 15) is 9.59 Å². The third-order valence-electron chi connectivity index (χ3n) is 6.37. The average molecular weight is 453 g/mol. The zero-order chi connectivity index (χ0) is 22.8. The second-order valence-electron chi connectivity index (χ2n) is 8.37. The van der Waals surface area contributed by atoms with Crippen LogP contribution in [0.3, 0.4) is 0 Å². The highest BCUT2D eigenvalue weighted by Crippen LogP contribution is 2.33. The number of carbonyl (C=O) groups excluding carboxylic acids is 2. The zero-order valence-corrected chi connectivity index (χ0v) is 18.7. The van der Waals surface area contributed by atoms with Crippen molar-refractivity contribution in [2.45, 2.75) is 6.54 Å². The van der Waals surface area contributed by atoms with Crippen molar-refractivity contribution < 1.29 is 23.8 Å². The highest BCUT2D eigenvalue weighted by molar-refractivity contribution is 5.97. The number of fused-ring (bicyclic) bond motifs is 1. The van der Waals surface area contributed by atoms with Crippen LogP contribution in [0.15, 0.2) is 42.5 Å². The number of piperazine rings is 1. The number of nitrogens with zero attached hydrogens (tertiary/aromatic N) is 4. The fourth-order valence-corrected chi connectivity index (χ4v) is 4.52. The number of amides is 3. The summed E-state index contributed by atoms with van der Waals surface area (Å²) in [4.78, 5) is 33.3. The minimum absolute atomic E-state index is 0.00652. The molecule has 9 nitrogen and oxygen atoms in total. The summed E-state index contributed by atoms with van der Waals surface area (Å²) >= 11 is 0. The molecule has 0 aromatic heterocycles. The van der Waals surface area contributed by atoms with Crippen molar-refractivity contribution in [2.24, 2.45) is 0 Å². The van der Waals surface area contributed by atoms with Gasteiger partial charge in [-0.2, -0.15) is 0 Å². The molecular formula is C24H28N4O5. The maximum Gasteiger partial charge on any atom is 0.325 e. The number of para-hydroxylation sites is 2. The highest BCUT2D eigenvalue weighted by Gasteiger charge is 2.33. The van der Waals surface area contributed by atoms with Crippen LogP contribution in [0.5, 0.6) is 17.2 Å². The van der Waals surface area contributed by atoms with E-state index in [-0.39, 0.29) is 25.3 Å². The van der Waals surface area contributed by atoms with Gasteiger partial charge < -0.3 is 24.0 Å². The van der Waals surface area contributed by atoms with E-state index in [4.69, 9.17) is 14.2 Å². The third kappa shape index (κ3) is 4.41. The summed E-state index contributed by atoms with van der Waals surface area (Å²) in [5, 5.41) is 0. The molecule has 174 valence electrons. The van der Waals surface area contributed by atoms with Crippen LogP contribution in [0.4, 0.5) is 10.5 Å². The van der Waals surface area contributed by atoms with Crippen LogP contribution in [0.25, 0.3) is 0 Å². The van der Waals surface area contributed by atoms with E-state index in [1.54, 1.807) is 16.9 Å². The fraction of sp³-hybridized carbons (Fsp3) is 0.417. The molecule has 2 saturated heterocycles. The summed E-state index contributed by atoms with van der Waals surface area (Å²) in [7, 11) is 1.59. The Labute approximate surface area is 193 Å². The third-order valence-corrected chi connectivity index (χ3v) is 6.37. The number of hydrogen-bond donors (Lipinski definition) is 0. The van der Waals surface area contributed by atoms with Crippen LogP contribution in [-0.4, -0.2) is 86.4 Å². The van der Waals surface area contributed by atoms with Crippen molar-refractivity contribution in [3.8, 4) is 17.2 Å². The molecule has 0 unspecified atom stereocenters. The van der Waals surface area contributed by atoms with Gasteiger partial charge >= 0.3 is 6.03 Å². The SMILES string of the molecule is COc1ccccc1N1CCN(CC(=O)N2CCN(Cc3ccc4c(c3)OCO4)CC2)C1=O. The summed E-state index contributed by atoms with van der Waals surface area (Å²) in [5.41, 5.74) is 1.90. The number of benzene rings is 2. The smallest absolute Gasteiger partial charge is 0.325 e. The number of urea groups is 1. The van der Waals surface area contributed by atoms with Gasteiger partial charge in [0, 0.05) is 45.8 Å². The lowest BCUT2D eigenvalue weighted by molar-refractivity contribution is -0.133. The first-order valence-electron chi connectivity index (χ1n) is 11.2. The Kier molecular flexibility index (Phi) is 5.95. The molecule has 9 heteroatoms. The van der Waals surface area contributed by atoms with Gasteiger partial charge in [-0.15, -0.1) is 0 Å². The molecule has 0 aliphatic carbocycles. The van der Waals surface area contributed by atoms with Crippen LogP contribution in [-0.2, 0) is 11.3 Å². The van der Waals surface area contributed by atoms with Crippen LogP contribution in [0.2, 0.25) is 0 Å². The molecule has 0 N–H and O–H groups in total. The van der Waals surface area contributed by atoms with Gasteiger partial charge in [-0.05, 0) is 29.8 Å². The largest absolute Gasteiger partial charge is 0.495 e. The molecule has 3 aliphatic rings. The second-order valence-corrected chi connectivity index (χ2v) is 8.37. The van der Waals surface area contributed by atoms with Crippen LogP contribution in [0, 0.1) is 0 Å². The first-order valence-corrected chi connectivity index (χ1v) is 11.2. The highest BCUT2D eigenvalue weighted by atomic mass is 16.7. The Morgan fingerprint density at radius 3 is 2.58 bits per heavy atom. The molecule has 3 heterocycles. The standard InChI is InChI=1S/C24H28N4O5/c1-31-20-5-3-2-4-19(20)28-13-12-27(24(28)30)16-23(29)26-10-8-25(9-11-26)15-18-6-7-21-22(14-18)33-17-32-21/h2-7,14H,8-13,15-17H2,1H3. The Morgan fingerprint density at radius 2 is 1.76 bits per heavy atom. The maximum atomic E-state index is 12.9. The van der Waals surface area contributed by atoms with Crippen LogP contribution < -0.4 is 19.1 Å². The molecule has 0 bridgehead atoms. The Hall–Kier alpha value is -3.46. The molecule has 2 fully saturated rings. The molecule has 0 radical (unpaired) electrons. The quantitative estimate of drug-likeness (QED) is 0.668. The van der Waals surface area contributed by atoms with Crippen molar-refractivity contribution in [1.82, 2.24) is 14.7 Å². The van der Waals surface area contributed by atoms with E-state index < -0.39 is 0 Å². The van der Waals surface area contributed by atoms with Gasteiger partial charge in [-0.3, -0.25) is 14.6 Å². The summed E-state index contributed by atoms with van der Waals surface area (Å²) in [6, 6.07) is 13.3. The van der Waals surface area contributed by atoms with Crippen molar-refractivity contribution in [3.63, 3.8) is 0 Å². The Bertz CT molecular complexity index is 1040. The molecule has 5 rings (SSSR count). The molecule has 0 saturated carbocycles. The lowest BCUT2D eigenvalue weighted by Gasteiger charge is -2.35. The van der Waals surface area contributed by atoms with E-state index in [1.807, 2.05) is 41.3 Å². The number of ether oxygens (including phenoxy) is 3. The number of methoxy groups -OCH3 is 1. The monoisotopic (exact) mass is 452 g/mol. The Balaban J connectivity index is 1.12. The normalized spacial score (nSPS) is 18.2. The molecule has 0 spiro atoms. The summed E-state index contributed by atoms with van der Waals surface area (Å²) in [6.07, 6.45) is 0. The van der Waals surface area contributed by atoms with Gasteiger partial charge in [0.15, 0.2) is 11.5 Å². The van der Waals surface area contributed by atoms with E-state index in [0.29, 0.717) is 31.9 Å². The molecule has 3 aliphatic heterocycles. The first kappa shape index (κ1) is 21.4. The number of hydrogen-bond acceptors (Lipinski definition) is 6. The molecule has 3 amide bonds. The molecule has 33 heavy (non-hydrogen) atoms. The first-order chi connectivity index (χ1) is 16.1. The summed E-state index contributed by atoms with van der Waals surface area (Å²) in [6.45, 7) is 5.13. The van der Waals surface area contributed by atoms with E-state index in [1.165, 1.54) is 0 Å². The molecule has 0 atom stereocenters. The predicted molar refractivity (Wildman–Crippen MR) is 122 cm³/mol. The van der Waals surface area contributed by atoms with Crippen LogP contribution in [0.1, 0.15) is 5.56 Å². The Morgan fingerprint density at radius 1 is 0.970 bits per heavy atom. The van der Waals surface area contributed by atoms with Crippen molar-refractivity contribution in [2.75, 3.05) is 64.6 Å². The van der Waals surface area contributed by atoms with Crippen LogP contribution >= 0.6 is 0 Å². The van der Waals surface area contributed by atoms with Gasteiger partial charge in [0.1, 0.15) is 12.3 Å². The number of carbonyl (C=O) groups is 2. The summed E-state index contributed by atoms with van der Waals surface area (Å²) < 4.78 is 16.2. The lowest BCUT2D eigenvalue weighted by Crippen LogP contribution is -2.51. The molecule has 2 aromatic carbocycles. The van der Waals surface area contributed by atoms with Crippen molar-refractivity contribution in [1.29, 1.82) is 0 Å². The van der Waals surface area contributed by atoms with Crippen molar-refractivity contribution in [3.05, 3.63) is 48.0 Å².